The van der Waals surface area contributed by atoms with E-state index in [1.807, 2.05) is 0 Å². The molecule has 64 valence electrons. The van der Waals surface area contributed by atoms with Gasteiger partial charge in [-0.2, -0.15) is 0 Å². The van der Waals surface area contributed by atoms with Gasteiger partial charge in [0.05, 0.1) is 19.3 Å². The molecule has 1 saturated carbocycles. The summed E-state index contributed by atoms with van der Waals surface area (Å²) in [5, 5.41) is 0. The van der Waals surface area contributed by atoms with E-state index in [9.17, 15) is 0 Å². The van der Waals surface area contributed by atoms with Gasteiger partial charge in [0, 0.05) is 6.42 Å². The third kappa shape index (κ3) is 1.17. The van der Waals surface area contributed by atoms with Gasteiger partial charge < -0.3 is 15.2 Å². The molecule has 1 atom stereocenters. The van der Waals surface area contributed by atoms with Gasteiger partial charge in [-0.05, 0) is 12.8 Å². The Kier molecular flexibility index (Phi) is 1.87. The Labute approximate surface area is 66.8 Å². The van der Waals surface area contributed by atoms with E-state index in [1.165, 1.54) is 12.8 Å². The van der Waals surface area contributed by atoms with Gasteiger partial charge >= 0.3 is 0 Å². The van der Waals surface area contributed by atoms with Crippen LogP contribution in [0.1, 0.15) is 25.7 Å². The van der Waals surface area contributed by atoms with E-state index < -0.39 is 5.79 Å². The summed E-state index contributed by atoms with van der Waals surface area (Å²) < 4.78 is 11.1. The van der Waals surface area contributed by atoms with Gasteiger partial charge in [-0.1, -0.05) is 6.42 Å². The Morgan fingerprint density at radius 1 is 1.18 bits per heavy atom. The molecule has 3 nitrogen and oxygen atoms in total. The molecule has 1 saturated heterocycles. The summed E-state index contributed by atoms with van der Waals surface area (Å²) in [6.45, 7) is 1.43. The Morgan fingerprint density at radius 2 is 1.91 bits per heavy atom. The highest BCUT2D eigenvalue weighted by molar-refractivity contribution is 4.89. The third-order valence-electron chi connectivity index (χ3n) is 2.63. The van der Waals surface area contributed by atoms with Crippen LogP contribution in [0.3, 0.4) is 0 Å². The lowest BCUT2D eigenvalue weighted by Crippen LogP contribution is -2.51. The normalized spacial score (nSPS) is 36.3. The fourth-order valence-corrected chi connectivity index (χ4v) is 1.97. The molecule has 11 heavy (non-hydrogen) atoms. The lowest BCUT2D eigenvalue weighted by atomic mass is 9.90. The van der Waals surface area contributed by atoms with E-state index in [-0.39, 0.29) is 6.04 Å². The van der Waals surface area contributed by atoms with Crippen molar-refractivity contribution in [2.45, 2.75) is 37.5 Å². The first kappa shape index (κ1) is 7.53. The molecule has 0 aromatic heterocycles. The van der Waals surface area contributed by atoms with E-state index in [0.29, 0.717) is 13.2 Å². The average molecular weight is 157 g/mol. The molecular weight excluding hydrogens is 142 g/mol. The summed E-state index contributed by atoms with van der Waals surface area (Å²) in [4.78, 5) is 0. The number of nitrogens with two attached hydrogens (primary N) is 1. The van der Waals surface area contributed by atoms with E-state index in [1.54, 1.807) is 0 Å². The summed E-state index contributed by atoms with van der Waals surface area (Å²) in [6.07, 6.45) is 4.43. The maximum Gasteiger partial charge on any atom is 0.183 e. The topological polar surface area (TPSA) is 44.5 Å². The first-order valence-corrected chi connectivity index (χ1v) is 4.37. The van der Waals surface area contributed by atoms with Crippen LogP contribution in [0.25, 0.3) is 0 Å². The van der Waals surface area contributed by atoms with E-state index in [2.05, 4.69) is 0 Å². The van der Waals surface area contributed by atoms with Crippen molar-refractivity contribution in [1.29, 1.82) is 0 Å². The molecule has 2 fully saturated rings. The molecule has 0 amide bonds. The second-order valence-corrected chi connectivity index (χ2v) is 3.36. The maximum atomic E-state index is 5.93. The fourth-order valence-electron chi connectivity index (χ4n) is 1.97. The van der Waals surface area contributed by atoms with E-state index >= 15 is 0 Å². The molecule has 2 aliphatic rings. The second kappa shape index (κ2) is 2.73. The maximum absolute atomic E-state index is 5.93. The number of hydrogen-bond donors (Lipinski definition) is 1. The highest BCUT2D eigenvalue weighted by Gasteiger charge is 2.43. The van der Waals surface area contributed by atoms with Crippen molar-refractivity contribution in [3.63, 3.8) is 0 Å². The van der Waals surface area contributed by atoms with Crippen LogP contribution in [0.4, 0.5) is 0 Å². The molecule has 2 rings (SSSR count). The smallest absolute Gasteiger partial charge is 0.183 e. The fraction of sp³-hybridized carbons (Fsp3) is 1.00. The summed E-state index contributed by atoms with van der Waals surface area (Å²) >= 11 is 0. The average Bonchev–Trinajstić information content (AvgIpc) is 2.46. The van der Waals surface area contributed by atoms with Crippen LogP contribution < -0.4 is 5.73 Å². The van der Waals surface area contributed by atoms with E-state index in [4.69, 9.17) is 15.2 Å². The third-order valence-corrected chi connectivity index (χ3v) is 2.63. The SMILES string of the molecule is NC1CCCCC12OCCO2. The molecule has 1 aliphatic carbocycles. The van der Waals surface area contributed by atoms with Crippen molar-refractivity contribution in [3.05, 3.63) is 0 Å². The van der Waals surface area contributed by atoms with Crippen LogP contribution in [0.5, 0.6) is 0 Å². The molecule has 0 bridgehead atoms. The summed E-state index contributed by atoms with van der Waals surface area (Å²) in [6, 6.07) is 0.0961. The minimum absolute atomic E-state index is 0.0961. The minimum atomic E-state index is -0.391. The van der Waals surface area contributed by atoms with Crippen LogP contribution in [0, 0.1) is 0 Å². The van der Waals surface area contributed by atoms with Crippen molar-refractivity contribution < 1.29 is 9.47 Å². The molecule has 1 spiro atoms. The number of hydrogen-bond acceptors (Lipinski definition) is 3. The molecular formula is C8H15NO2. The lowest BCUT2D eigenvalue weighted by Gasteiger charge is -2.36. The van der Waals surface area contributed by atoms with Crippen molar-refractivity contribution >= 4 is 0 Å². The minimum Gasteiger partial charge on any atom is -0.346 e. The number of rotatable bonds is 0. The van der Waals surface area contributed by atoms with Crippen molar-refractivity contribution in [1.82, 2.24) is 0 Å². The quantitative estimate of drug-likeness (QED) is 0.561. The van der Waals surface area contributed by atoms with Crippen LogP contribution in [-0.4, -0.2) is 25.0 Å². The molecule has 3 heteroatoms. The standard InChI is InChI=1S/C8H15NO2/c9-7-3-1-2-4-8(7)10-5-6-11-8/h7H,1-6,9H2. The van der Waals surface area contributed by atoms with Gasteiger partial charge in [0.15, 0.2) is 5.79 Å². The highest BCUT2D eigenvalue weighted by Crippen LogP contribution is 2.34. The molecule has 1 aliphatic heterocycles. The summed E-state index contributed by atoms with van der Waals surface area (Å²) in [5.41, 5.74) is 5.93. The van der Waals surface area contributed by atoms with Crippen LogP contribution in [0.2, 0.25) is 0 Å². The Bertz CT molecular complexity index is 143. The van der Waals surface area contributed by atoms with Crippen LogP contribution in [-0.2, 0) is 9.47 Å². The second-order valence-electron chi connectivity index (χ2n) is 3.36. The van der Waals surface area contributed by atoms with Gasteiger partial charge in [-0.15, -0.1) is 0 Å². The molecule has 1 heterocycles. The van der Waals surface area contributed by atoms with Crippen LogP contribution >= 0.6 is 0 Å². The first-order chi connectivity index (χ1) is 5.33. The van der Waals surface area contributed by atoms with Gasteiger partial charge in [0.2, 0.25) is 0 Å². The lowest BCUT2D eigenvalue weighted by molar-refractivity contribution is -0.188. The van der Waals surface area contributed by atoms with Crippen molar-refractivity contribution in [2.75, 3.05) is 13.2 Å². The predicted octanol–water partition coefficient (Wildman–Crippen LogP) is 0.631. The highest BCUT2D eigenvalue weighted by atomic mass is 16.7. The zero-order chi connectivity index (χ0) is 7.73. The molecule has 0 aromatic carbocycles. The Hall–Kier alpha value is -0.120. The van der Waals surface area contributed by atoms with Gasteiger partial charge in [0.1, 0.15) is 0 Å². The largest absolute Gasteiger partial charge is 0.346 e. The predicted molar refractivity (Wildman–Crippen MR) is 41.1 cm³/mol. The van der Waals surface area contributed by atoms with E-state index in [0.717, 1.165) is 12.8 Å². The van der Waals surface area contributed by atoms with Crippen LogP contribution in [0.15, 0.2) is 0 Å². The van der Waals surface area contributed by atoms with Gasteiger partial charge in [-0.25, -0.2) is 0 Å². The summed E-state index contributed by atoms with van der Waals surface area (Å²) in [5.74, 6) is -0.391. The van der Waals surface area contributed by atoms with Crippen molar-refractivity contribution in [2.24, 2.45) is 5.73 Å². The van der Waals surface area contributed by atoms with Crippen molar-refractivity contribution in [3.8, 4) is 0 Å². The van der Waals surface area contributed by atoms with Gasteiger partial charge in [0.25, 0.3) is 0 Å². The molecule has 1 unspecified atom stereocenters. The number of ether oxygens (including phenoxy) is 2. The zero-order valence-electron chi connectivity index (χ0n) is 6.71. The van der Waals surface area contributed by atoms with Gasteiger partial charge in [-0.3, -0.25) is 0 Å². The first-order valence-electron chi connectivity index (χ1n) is 4.37. The molecule has 0 radical (unpaired) electrons. The summed E-state index contributed by atoms with van der Waals surface area (Å²) in [7, 11) is 0. The molecule has 0 aromatic rings. The Balaban J connectivity index is 2.07. The zero-order valence-corrected chi connectivity index (χ0v) is 6.71. The Morgan fingerprint density at radius 3 is 2.55 bits per heavy atom. The monoisotopic (exact) mass is 157 g/mol. The molecule has 2 N–H and O–H groups in total.